The third-order valence-electron chi connectivity index (χ3n) is 3.10. The largest absolute Gasteiger partial charge is 0.493 e. The van der Waals surface area contributed by atoms with Gasteiger partial charge in [0.15, 0.2) is 4.67 Å². The molecule has 0 saturated carbocycles. The van der Waals surface area contributed by atoms with Gasteiger partial charge in [0.25, 0.3) is 0 Å². The lowest BCUT2D eigenvalue weighted by Crippen LogP contribution is -2.28. The van der Waals surface area contributed by atoms with Gasteiger partial charge in [-0.3, -0.25) is 5.84 Å². The Morgan fingerprint density at radius 1 is 1.28 bits per heavy atom. The predicted octanol–water partition coefficient (Wildman–Crippen LogP) is 2.53. The van der Waals surface area contributed by atoms with Crippen molar-refractivity contribution in [2.75, 3.05) is 6.61 Å². The number of furan rings is 1. The average Bonchev–Trinajstić information content (AvgIpc) is 2.99. The van der Waals surface area contributed by atoms with Crippen LogP contribution >= 0.6 is 15.9 Å². The standard InChI is InChI=1S/C13H13BrN2O2/c14-11-5-4-10(18-11)12(16-15)9-3-1-2-8-6-7-17-13(8)9/h1-5,12,16H,6-7,15H2. The maximum Gasteiger partial charge on any atom is 0.169 e. The molecule has 94 valence electrons. The molecule has 3 rings (SSSR count). The lowest BCUT2D eigenvalue weighted by molar-refractivity contribution is 0.346. The van der Waals surface area contributed by atoms with Gasteiger partial charge in [-0.25, -0.2) is 5.43 Å². The third-order valence-corrected chi connectivity index (χ3v) is 3.53. The van der Waals surface area contributed by atoms with Crippen LogP contribution in [-0.4, -0.2) is 6.61 Å². The molecule has 0 aliphatic carbocycles. The van der Waals surface area contributed by atoms with Crippen LogP contribution in [0.25, 0.3) is 0 Å². The topological polar surface area (TPSA) is 60.4 Å². The van der Waals surface area contributed by atoms with Gasteiger partial charge in [-0.2, -0.15) is 0 Å². The Morgan fingerprint density at radius 3 is 2.89 bits per heavy atom. The summed E-state index contributed by atoms with van der Waals surface area (Å²) >= 11 is 3.30. The van der Waals surface area contributed by atoms with Gasteiger partial charge in [0.1, 0.15) is 17.6 Å². The molecule has 1 aliphatic rings. The first-order valence-electron chi connectivity index (χ1n) is 5.75. The van der Waals surface area contributed by atoms with Crippen LogP contribution in [0.15, 0.2) is 39.4 Å². The summed E-state index contributed by atoms with van der Waals surface area (Å²) in [5, 5.41) is 0. The van der Waals surface area contributed by atoms with E-state index in [-0.39, 0.29) is 6.04 Å². The number of benzene rings is 1. The first-order valence-corrected chi connectivity index (χ1v) is 6.55. The number of nitrogens with two attached hydrogens (primary N) is 1. The summed E-state index contributed by atoms with van der Waals surface area (Å²) in [6, 6.07) is 9.64. The van der Waals surface area contributed by atoms with Crippen LogP contribution in [0.4, 0.5) is 0 Å². The van der Waals surface area contributed by atoms with Gasteiger partial charge < -0.3 is 9.15 Å². The van der Waals surface area contributed by atoms with E-state index < -0.39 is 0 Å². The fourth-order valence-corrected chi connectivity index (χ4v) is 2.60. The molecule has 18 heavy (non-hydrogen) atoms. The highest BCUT2D eigenvalue weighted by Gasteiger charge is 2.24. The maximum absolute atomic E-state index is 5.69. The normalized spacial score (nSPS) is 15.2. The summed E-state index contributed by atoms with van der Waals surface area (Å²) in [5.41, 5.74) is 5.01. The summed E-state index contributed by atoms with van der Waals surface area (Å²) in [6.45, 7) is 0.728. The molecule has 1 aromatic heterocycles. The number of nitrogens with one attached hydrogen (secondary N) is 1. The van der Waals surface area contributed by atoms with Crippen molar-refractivity contribution in [3.8, 4) is 5.75 Å². The Hall–Kier alpha value is -1.30. The molecule has 0 spiro atoms. The van der Waals surface area contributed by atoms with Crippen LogP contribution in [0.1, 0.15) is 22.9 Å². The Morgan fingerprint density at radius 2 is 2.17 bits per heavy atom. The molecule has 0 amide bonds. The minimum absolute atomic E-state index is 0.204. The number of halogens is 1. The second-order valence-corrected chi connectivity index (χ2v) is 4.96. The van der Waals surface area contributed by atoms with Crippen LogP contribution < -0.4 is 16.0 Å². The number of ether oxygens (including phenoxy) is 1. The monoisotopic (exact) mass is 308 g/mol. The number of rotatable bonds is 3. The van der Waals surface area contributed by atoms with Crippen molar-refractivity contribution in [1.82, 2.24) is 5.43 Å². The number of para-hydroxylation sites is 1. The first kappa shape index (κ1) is 11.8. The van der Waals surface area contributed by atoms with Gasteiger partial charge in [0.2, 0.25) is 0 Å². The highest BCUT2D eigenvalue weighted by atomic mass is 79.9. The van der Waals surface area contributed by atoms with E-state index in [1.165, 1.54) is 5.56 Å². The first-order chi connectivity index (χ1) is 8.79. The maximum atomic E-state index is 5.69. The SMILES string of the molecule is NNC(c1ccc(Br)o1)c1cccc2c1OCC2. The molecule has 2 heterocycles. The summed E-state index contributed by atoms with van der Waals surface area (Å²) in [7, 11) is 0. The van der Waals surface area contributed by atoms with Gasteiger partial charge in [0, 0.05) is 12.0 Å². The minimum atomic E-state index is -0.204. The summed E-state index contributed by atoms with van der Waals surface area (Å²) in [4.78, 5) is 0. The molecule has 0 fully saturated rings. The number of fused-ring (bicyclic) bond motifs is 1. The van der Waals surface area contributed by atoms with Crippen molar-refractivity contribution in [3.63, 3.8) is 0 Å². The third kappa shape index (κ3) is 1.94. The van der Waals surface area contributed by atoms with E-state index in [0.29, 0.717) is 4.67 Å². The molecular formula is C13H13BrN2O2. The zero-order chi connectivity index (χ0) is 12.5. The molecule has 1 aromatic carbocycles. The number of hydrogen-bond donors (Lipinski definition) is 2. The fourth-order valence-electron chi connectivity index (χ4n) is 2.28. The smallest absolute Gasteiger partial charge is 0.169 e. The van der Waals surface area contributed by atoms with E-state index in [1.807, 2.05) is 24.3 Å². The quantitative estimate of drug-likeness (QED) is 0.676. The summed E-state index contributed by atoms with van der Waals surface area (Å²) < 4.78 is 11.9. The van der Waals surface area contributed by atoms with E-state index in [0.717, 1.165) is 30.1 Å². The van der Waals surface area contributed by atoms with Crippen LogP contribution in [0.5, 0.6) is 5.75 Å². The van der Waals surface area contributed by atoms with Crippen LogP contribution in [-0.2, 0) is 6.42 Å². The molecular weight excluding hydrogens is 296 g/mol. The Kier molecular flexibility index (Phi) is 3.11. The van der Waals surface area contributed by atoms with Crippen LogP contribution in [0.2, 0.25) is 0 Å². The fraction of sp³-hybridized carbons (Fsp3) is 0.231. The Balaban J connectivity index is 2.05. The van der Waals surface area contributed by atoms with Crippen molar-refractivity contribution in [2.45, 2.75) is 12.5 Å². The van der Waals surface area contributed by atoms with E-state index in [9.17, 15) is 0 Å². The zero-order valence-corrected chi connectivity index (χ0v) is 11.2. The molecule has 0 radical (unpaired) electrons. The van der Waals surface area contributed by atoms with Gasteiger partial charge in [-0.1, -0.05) is 18.2 Å². The number of hydrogen-bond acceptors (Lipinski definition) is 4. The van der Waals surface area contributed by atoms with Crippen LogP contribution in [0, 0.1) is 0 Å². The molecule has 1 aliphatic heterocycles. The molecule has 1 atom stereocenters. The molecule has 5 heteroatoms. The lowest BCUT2D eigenvalue weighted by atomic mass is 10.0. The van der Waals surface area contributed by atoms with E-state index >= 15 is 0 Å². The van der Waals surface area contributed by atoms with Crippen molar-refractivity contribution in [1.29, 1.82) is 0 Å². The molecule has 1 unspecified atom stereocenters. The summed E-state index contributed by atoms with van der Waals surface area (Å²) in [6.07, 6.45) is 0.947. The second-order valence-electron chi connectivity index (χ2n) is 4.18. The Bertz CT molecular complexity index is 568. The summed E-state index contributed by atoms with van der Waals surface area (Å²) in [5.74, 6) is 7.34. The lowest BCUT2D eigenvalue weighted by Gasteiger charge is -2.16. The van der Waals surface area contributed by atoms with Crippen molar-refractivity contribution < 1.29 is 9.15 Å². The van der Waals surface area contributed by atoms with Gasteiger partial charge in [0.05, 0.1) is 6.61 Å². The van der Waals surface area contributed by atoms with Crippen LogP contribution in [0.3, 0.4) is 0 Å². The molecule has 0 saturated heterocycles. The highest BCUT2D eigenvalue weighted by Crippen LogP contribution is 2.36. The number of hydrazine groups is 1. The van der Waals surface area contributed by atoms with E-state index in [2.05, 4.69) is 27.4 Å². The minimum Gasteiger partial charge on any atom is -0.493 e. The zero-order valence-electron chi connectivity index (χ0n) is 9.65. The Labute approximate surface area is 113 Å². The molecule has 2 aromatic rings. The van der Waals surface area contributed by atoms with Gasteiger partial charge in [-0.15, -0.1) is 0 Å². The average molecular weight is 309 g/mol. The molecule has 0 bridgehead atoms. The second kappa shape index (κ2) is 4.76. The van der Waals surface area contributed by atoms with Crippen molar-refractivity contribution in [2.24, 2.45) is 5.84 Å². The van der Waals surface area contributed by atoms with Gasteiger partial charge in [-0.05, 0) is 33.6 Å². The molecule has 3 N–H and O–H groups in total. The van der Waals surface area contributed by atoms with E-state index in [4.69, 9.17) is 15.0 Å². The molecule has 4 nitrogen and oxygen atoms in total. The predicted molar refractivity (Wildman–Crippen MR) is 71.2 cm³/mol. The van der Waals surface area contributed by atoms with Gasteiger partial charge >= 0.3 is 0 Å². The highest BCUT2D eigenvalue weighted by molar-refractivity contribution is 9.10. The van der Waals surface area contributed by atoms with Crippen molar-refractivity contribution >= 4 is 15.9 Å². The van der Waals surface area contributed by atoms with E-state index in [1.54, 1.807) is 0 Å². The van der Waals surface area contributed by atoms with Crippen molar-refractivity contribution in [3.05, 3.63) is 51.9 Å².